The Hall–Kier alpha value is -1.97. The lowest BCUT2D eigenvalue weighted by Gasteiger charge is -2.07. The summed E-state index contributed by atoms with van der Waals surface area (Å²) in [5, 5.41) is 1.37. The van der Waals surface area contributed by atoms with Crippen LogP contribution in [0.5, 0.6) is 0 Å². The number of halogens is 2. The van der Waals surface area contributed by atoms with Gasteiger partial charge in [-0.2, -0.15) is 0 Å². The number of aromatic nitrogens is 3. The molecule has 0 aliphatic rings. The van der Waals surface area contributed by atoms with Gasteiger partial charge in [-0.15, -0.1) is 0 Å². The first-order chi connectivity index (χ1) is 10.7. The highest BCUT2D eigenvalue weighted by molar-refractivity contribution is 6.30. The number of rotatable bonds is 3. The van der Waals surface area contributed by atoms with Crippen molar-refractivity contribution in [2.45, 2.75) is 13.3 Å². The molecular formula is C17H13Cl2N3. The zero-order chi connectivity index (χ0) is 15.5. The Bertz CT molecular complexity index is 720. The molecule has 0 atom stereocenters. The van der Waals surface area contributed by atoms with Gasteiger partial charge < -0.3 is 0 Å². The molecule has 3 rings (SSSR count). The minimum Gasteiger partial charge on any atom is -0.213 e. The minimum atomic E-state index is 0.647. The van der Waals surface area contributed by atoms with Crippen LogP contribution in [0.4, 0.5) is 0 Å². The van der Waals surface area contributed by atoms with Crippen LogP contribution in [0.15, 0.2) is 48.5 Å². The maximum Gasteiger partial charge on any atom is 0.163 e. The molecule has 0 radical (unpaired) electrons. The molecule has 3 nitrogen and oxygen atoms in total. The smallest absolute Gasteiger partial charge is 0.163 e. The molecule has 2 aromatic carbocycles. The van der Waals surface area contributed by atoms with E-state index in [9.17, 15) is 0 Å². The second-order valence-electron chi connectivity index (χ2n) is 4.77. The molecular weight excluding hydrogens is 317 g/mol. The molecule has 0 aliphatic carbocycles. The van der Waals surface area contributed by atoms with Crippen LogP contribution >= 0.6 is 23.2 Å². The van der Waals surface area contributed by atoms with Gasteiger partial charge in [-0.25, -0.2) is 15.0 Å². The first-order valence-corrected chi connectivity index (χ1v) is 7.68. The highest BCUT2D eigenvalue weighted by atomic mass is 35.5. The Kier molecular flexibility index (Phi) is 4.36. The van der Waals surface area contributed by atoms with E-state index in [0.29, 0.717) is 21.7 Å². The Labute approximate surface area is 139 Å². The maximum absolute atomic E-state index is 5.93. The first-order valence-electron chi connectivity index (χ1n) is 6.92. The average molecular weight is 330 g/mol. The van der Waals surface area contributed by atoms with Crippen molar-refractivity contribution in [3.05, 3.63) is 64.4 Å². The van der Waals surface area contributed by atoms with E-state index in [-0.39, 0.29) is 0 Å². The fourth-order valence-corrected chi connectivity index (χ4v) is 2.29. The van der Waals surface area contributed by atoms with Crippen molar-refractivity contribution in [1.29, 1.82) is 0 Å². The van der Waals surface area contributed by atoms with E-state index in [2.05, 4.69) is 15.0 Å². The zero-order valence-electron chi connectivity index (χ0n) is 11.9. The highest BCUT2D eigenvalue weighted by Gasteiger charge is 2.09. The van der Waals surface area contributed by atoms with E-state index in [1.165, 1.54) is 0 Å². The highest BCUT2D eigenvalue weighted by Crippen LogP contribution is 2.23. The SMILES string of the molecule is CCc1nc(-c2ccc(Cl)cc2)nc(-c2ccc(Cl)cc2)n1. The summed E-state index contributed by atoms with van der Waals surface area (Å²) < 4.78 is 0. The van der Waals surface area contributed by atoms with Crippen molar-refractivity contribution in [1.82, 2.24) is 15.0 Å². The summed E-state index contributed by atoms with van der Waals surface area (Å²) >= 11 is 11.9. The van der Waals surface area contributed by atoms with Gasteiger partial charge in [-0.3, -0.25) is 0 Å². The fraction of sp³-hybridized carbons (Fsp3) is 0.118. The second kappa shape index (κ2) is 6.42. The fourth-order valence-electron chi connectivity index (χ4n) is 2.03. The van der Waals surface area contributed by atoms with Crippen molar-refractivity contribution in [2.24, 2.45) is 0 Å². The van der Waals surface area contributed by atoms with Crippen LogP contribution in [0.1, 0.15) is 12.7 Å². The van der Waals surface area contributed by atoms with Gasteiger partial charge in [0.2, 0.25) is 0 Å². The Morgan fingerprint density at radius 3 is 1.45 bits per heavy atom. The van der Waals surface area contributed by atoms with Crippen molar-refractivity contribution in [2.75, 3.05) is 0 Å². The second-order valence-corrected chi connectivity index (χ2v) is 5.64. The standard InChI is InChI=1S/C17H13Cl2N3/c1-2-15-20-16(11-3-7-13(18)8-4-11)22-17(21-15)12-5-9-14(19)10-6-12/h3-10H,2H2,1H3. The van der Waals surface area contributed by atoms with Gasteiger partial charge in [0.05, 0.1) is 0 Å². The lowest BCUT2D eigenvalue weighted by Crippen LogP contribution is -2.01. The van der Waals surface area contributed by atoms with Crippen LogP contribution < -0.4 is 0 Å². The number of benzene rings is 2. The summed E-state index contributed by atoms with van der Waals surface area (Å²) in [6.07, 6.45) is 0.740. The number of aryl methyl sites for hydroxylation is 1. The van der Waals surface area contributed by atoms with Crippen LogP contribution in [-0.2, 0) is 6.42 Å². The molecule has 0 N–H and O–H groups in total. The van der Waals surface area contributed by atoms with Crippen molar-refractivity contribution in [3.63, 3.8) is 0 Å². The van der Waals surface area contributed by atoms with E-state index < -0.39 is 0 Å². The van der Waals surface area contributed by atoms with E-state index in [1.54, 1.807) is 0 Å². The van der Waals surface area contributed by atoms with Crippen molar-refractivity contribution < 1.29 is 0 Å². The largest absolute Gasteiger partial charge is 0.213 e. The average Bonchev–Trinajstić information content (AvgIpc) is 2.55. The van der Waals surface area contributed by atoms with E-state index in [4.69, 9.17) is 23.2 Å². The quantitative estimate of drug-likeness (QED) is 0.672. The Balaban J connectivity index is 2.10. The third-order valence-corrected chi connectivity index (χ3v) is 3.71. The van der Waals surface area contributed by atoms with Crippen LogP contribution in [0.3, 0.4) is 0 Å². The Morgan fingerprint density at radius 2 is 1.09 bits per heavy atom. The normalized spacial score (nSPS) is 10.7. The lowest BCUT2D eigenvalue weighted by molar-refractivity contribution is 0.910. The van der Waals surface area contributed by atoms with Gasteiger partial charge in [0, 0.05) is 27.6 Å². The molecule has 0 fully saturated rings. The van der Waals surface area contributed by atoms with Crippen LogP contribution in [0, 0.1) is 0 Å². The van der Waals surface area contributed by atoms with E-state index in [0.717, 1.165) is 23.4 Å². The topological polar surface area (TPSA) is 38.7 Å². The molecule has 1 aromatic heterocycles. The first kappa shape index (κ1) is 14.9. The predicted molar refractivity (Wildman–Crippen MR) is 90.1 cm³/mol. The van der Waals surface area contributed by atoms with Crippen LogP contribution in [0.25, 0.3) is 22.8 Å². The molecule has 3 aromatic rings. The number of hydrogen-bond donors (Lipinski definition) is 0. The number of nitrogens with zero attached hydrogens (tertiary/aromatic N) is 3. The zero-order valence-corrected chi connectivity index (χ0v) is 13.4. The summed E-state index contributed by atoms with van der Waals surface area (Å²) in [6.45, 7) is 2.02. The summed E-state index contributed by atoms with van der Waals surface area (Å²) in [7, 11) is 0. The molecule has 1 heterocycles. The Morgan fingerprint density at radius 1 is 0.682 bits per heavy atom. The van der Waals surface area contributed by atoms with Gasteiger partial charge in [0.15, 0.2) is 11.6 Å². The van der Waals surface area contributed by atoms with Gasteiger partial charge in [0.25, 0.3) is 0 Å². The molecule has 0 saturated heterocycles. The molecule has 110 valence electrons. The summed E-state index contributed by atoms with van der Waals surface area (Å²) in [5.74, 6) is 2.05. The third-order valence-electron chi connectivity index (χ3n) is 3.20. The maximum atomic E-state index is 5.93. The minimum absolute atomic E-state index is 0.647. The van der Waals surface area contributed by atoms with Gasteiger partial charge >= 0.3 is 0 Å². The van der Waals surface area contributed by atoms with Crippen LogP contribution in [-0.4, -0.2) is 15.0 Å². The monoisotopic (exact) mass is 329 g/mol. The summed E-state index contributed by atoms with van der Waals surface area (Å²) in [6, 6.07) is 14.9. The number of hydrogen-bond acceptors (Lipinski definition) is 3. The third kappa shape index (κ3) is 3.26. The lowest BCUT2D eigenvalue weighted by atomic mass is 10.2. The van der Waals surface area contributed by atoms with Crippen LogP contribution in [0.2, 0.25) is 10.0 Å². The summed E-state index contributed by atoms with van der Waals surface area (Å²) in [5.41, 5.74) is 1.83. The molecule has 0 spiro atoms. The van der Waals surface area contributed by atoms with Gasteiger partial charge in [-0.05, 0) is 48.5 Å². The van der Waals surface area contributed by atoms with Crippen molar-refractivity contribution in [3.8, 4) is 22.8 Å². The molecule has 5 heteroatoms. The molecule has 0 amide bonds. The van der Waals surface area contributed by atoms with Crippen molar-refractivity contribution >= 4 is 23.2 Å². The molecule has 0 bridgehead atoms. The van der Waals surface area contributed by atoms with E-state index >= 15 is 0 Å². The predicted octanol–water partition coefficient (Wildman–Crippen LogP) is 5.07. The van der Waals surface area contributed by atoms with E-state index in [1.807, 2.05) is 55.5 Å². The van der Waals surface area contributed by atoms with Gasteiger partial charge in [0.1, 0.15) is 5.82 Å². The molecule has 0 unspecified atom stereocenters. The van der Waals surface area contributed by atoms with Gasteiger partial charge in [-0.1, -0.05) is 30.1 Å². The molecule has 0 aliphatic heterocycles. The molecule has 22 heavy (non-hydrogen) atoms. The molecule has 0 saturated carbocycles. The summed E-state index contributed by atoms with van der Waals surface area (Å²) in [4.78, 5) is 13.6.